The molecule has 1 aliphatic rings. The molecule has 1 aromatic carbocycles. The van der Waals surface area contributed by atoms with E-state index in [0.717, 1.165) is 12.1 Å². The van der Waals surface area contributed by atoms with Crippen LogP contribution in [0.2, 0.25) is 0 Å². The molecule has 1 aromatic heterocycles. The number of halogens is 2. The number of rotatable bonds is 3. The number of likely N-dealkylation sites (tertiary alicyclic amines) is 1. The van der Waals surface area contributed by atoms with E-state index in [1.807, 2.05) is 11.9 Å². The molecule has 3 rings (SSSR count). The summed E-state index contributed by atoms with van der Waals surface area (Å²) in [6.45, 7) is 2.42. The van der Waals surface area contributed by atoms with Gasteiger partial charge in [0.1, 0.15) is 5.56 Å². The Hall–Kier alpha value is -2.54. The van der Waals surface area contributed by atoms with Gasteiger partial charge in [-0.15, -0.1) is 0 Å². The summed E-state index contributed by atoms with van der Waals surface area (Å²) in [6.07, 6.45) is 2.04. The maximum absolute atomic E-state index is 13.6. The number of aromatic amines is 1. The van der Waals surface area contributed by atoms with E-state index < -0.39 is 17.5 Å². The van der Waals surface area contributed by atoms with E-state index >= 15 is 0 Å². The van der Waals surface area contributed by atoms with Crippen molar-refractivity contribution in [2.45, 2.75) is 25.4 Å². The fraction of sp³-hybridized carbons (Fsp3) is 0.333. The van der Waals surface area contributed by atoms with Gasteiger partial charge in [0, 0.05) is 24.5 Å². The van der Waals surface area contributed by atoms with Gasteiger partial charge in [0.05, 0.1) is 12.1 Å². The number of amides is 1. The maximum atomic E-state index is 13.6. The number of hydrogen-bond acceptors (Lipinski definition) is 3. The molecule has 0 saturated carbocycles. The number of carbonyl (C=O) groups excluding carboxylic acids is 1. The zero-order valence-electron chi connectivity index (χ0n) is 14.0. The molecule has 0 unspecified atom stereocenters. The highest BCUT2D eigenvalue weighted by atomic mass is 19.2. The third kappa shape index (κ3) is 3.46. The number of nitrogens with one attached hydrogen (secondary N) is 2. The molecule has 2 N–H and O–H groups in total. The van der Waals surface area contributed by atoms with E-state index in [1.54, 1.807) is 6.92 Å². The number of carbonyl (C=O) groups is 1. The van der Waals surface area contributed by atoms with Crippen LogP contribution in [0.15, 0.2) is 35.3 Å². The molecule has 2 heterocycles. The molecule has 1 aliphatic heterocycles. The molecule has 0 aliphatic carbocycles. The Morgan fingerprint density at radius 1 is 1.28 bits per heavy atom. The first-order valence-corrected chi connectivity index (χ1v) is 8.02. The molecule has 2 aromatic rings. The number of H-pyrrole nitrogens is 1. The van der Waals surface area contributed by atoms with Gasteiger partial charge in [-0.2, -0.15) is 0 Å². The monoisotopic (exact) mass is 347 g/mol. The summed E-state index contributed by atoms with van der Waals surface area (Å²) in [7, 11) is 1.86. The number of nitrogens with zero attached hydrogens (tertiary/aromatic N) is 1. The van der Waals surface area contributed by atoms with Crippen LogP contribution >= 0.6 is 0 Å². The average molecular weight is 347 g/mol. The second kappa shape index (κ2) is 6.76. The van der Waals surface area contributed by atoms with Gasteiger partial charge >= 0.3 is 0 Å². The third-order valence-electron chi connectivity index (χ3n) is 4.55. The second-order valence-electron chi connectivity index (χ2n) is 6.36. The smallest absolute Gasteiger partial charge is 0.257 e. The van der Waals surface area contributed by atoms with Crippen molar-refractivity contribution >= 4 is 5.91 Å². The van der Waals surface area contributed by atoms with Gasteiger partial charge in [-0.05, 0) is 38.1 Å². The summed E-state index contributed by atoms with van der Waals surface area (Å²) in [5, 5.41) is 2.85. The minimum Gasteiger partial charge on any atom is -0.364 e. The van der Waals surface area contributed by atoms with Crippen molar-refractivity contribution in [1.82, 2.24) is 15.2 Å². The van der Waals surface area contributed by atoms with E-state index in [9.17, 15) is 18.4 Å². The van der Waals surface area contributed by atoms with Crippen LogP contribution in [-0.4, -0.2) is 35.4 Å². The summed E-state index contributed by atoms with van der Waals surface area (Å²) < 4.78 is 26.8. The van der Waals surface area contributed by atoms with Crippen molar-refractivity contribution in [3.05, 3.63) is 69.1 Å². The first-order valence-electron chi connectivity index (χ1n) is 8.02. The molecule has 1 amide bonds. The first kappa shape index (κ1) is 17.3. The molecule has 7 heteroatoms. The molecule has 25 heavy (non-hydrogen) atoms. The van der Waals surface area contributed by atoms with E-state index in [1.165, 1.54) is 18.3 Å². The van der Waals surface area contributed by atoms with Crippen LogP contribution < -0.4 is 10.7 Å². The molecule has 0 bridgehead atoms. The summed E-state index contributed by atoms with van der Waals surface area (Å²) in [5.41, 5.74) is 0.928. The van der Waals surface area contributed by atoms with E-state index in [4.69, 9.17) is 0 Å². The van der Waals surface area contributed by atoms with Gasteiger partial charge in [-0.3, -0.25) is 14.5 Å². The number of aromatic nitrogens is 1. The van der Waals surface area contributed by atoms with Crippen LogP contribution in [0.5, 0.6) is 0 Å². The Bertz CT molecular complexity index is 866. The standard InChI is InChI=1S/C18H19F2N3O2/c1-10-7-16(24)12(9-21-10)18(25)22-15-5-6-23(2)17(15)11-3-4-13(19)14(20)8-11/h3-4,7-9,15,17H,5-6H2,1-2H3,(H,21,24)(H,22,25)/t15-,17+/m0/s1. The lowest BCUT2D eigenvalue weighted by molar-refractivity contribution is 0.0926. The van der Waals surface area contributed by atoms with Crippen LogP contribution in [0.3, 0.4) is 0 Å². The van der Waals surface area contributed by atoms with Crippen LogP contribution in [0, 0.1) is 18.6 Å². The van der Waals surface area contributed by atoms with Gasteiger partial charge in [0.15, 0.2) is 17.1 Å². The summed E-state index contributed by atoms with van der Waals surface area (Å²) in [4.78, 5) is 29.2. The molecule has 132 valence electrons. The molecule has 1 fully saturated rings. The highest BCUT2D eigenvalue weighted by Crippen LogP contribution is 2.31. The fourth-order valence-corrected chi connectivity index (χ4v) is 3.28. The predicted octanol–water partition coefficient (Wildman–Crippen LogP) is 2.14. The number of hydrogen-bond donors (Lipinski definition) is 2. The minimum atomic E-state index is -0.919. The molecular weight excluding hydrogens is 328 g/mol. The Labute approximate surface area is 143 Å². The molecule has 0 spiro atoms. The van der Waals surface area contributed by atoms with Crippen molar-refractivity contribution in [3.63, 3.8) is 0 Å². The second-order valence-corrected chi connectivity index (χ2v) is 6.36. The molecule has 0 radical (unpaired) electrons. The van der Waals surface area contributed by atoms with Gasteiger partial charge in [-0.25, -0.2) is 8.78 Å². The molecule has 1 saturated heterocycles. The van der Waals surface area contributed by atoms with E-state index in [-0.39, 0.29) is 23.1 Å². The van der Waals surface area contributed by atoms with Gasteiger partial charge in [-0.1, -0.05) is 6.07 Å². The SMILES string of the molecule is Cc1cc(=O)c(C(=O)N[C@H]2CCN(C)[C@@H]2c2ccc(F)c(F)c2)c[nH]1. The topological polar surface area (TPSA) is 65.2 Å². The van der Waals surface area contributed by atoms with Gasteiger partial charge < -0.3 is 10.3 Å². The Morgan fingerprint density at radius 3 is 2.72 bits per heavy atom. The Kier molecular flexibility index (Phi) is 4.67. The lowest BCUT2D eigenvalue weighted by Gasteiger charge is -2.26. The zero-order chi connectivity index (χ0) is 18.1. The predicted molar refractivity (Wildman–Crippen MR) is 89.4 cm³/mol. The van der Waals surface area contributed by atoms with Crippen molar-refractivity contribution in [2.24, 2.45) is 0 Å². The number of likely N-dealkylation sites (N-methyl/N-ethyl adjacent to an activating group) is 1. The summed E-state index contributed by atoms with van der Waals surface area (Å²) in [6, 6.07) is 4.53. The van der Waals surface area contributed by atoms with Gasteiger partial charge in [0.25, 0.3) is 5.91 Å². The quantitative estimate of drug-likeness (QED) is 0.894. The van der Waals surface area contributed by atoms with Crippen molar-refractivity contribution < 1.29 is 13.6 Å². The summed E-state index contributed by atoms with van der Waals surface area (Å²) >= 11 is 0. The normalized spacial score (nSPS) is 20.6. The number of aryl methyl sites for hydroxylation is 1. The Balaban J connectivity index is 1.84. The van der Waals surface area contributed by atoms with Crippen molar-refractivity contribution in [3.8, 4) is 0 Å². The molecular formula is C18H19F2N3O2. The molecule has 5 nitrogen and oxygen atoms in total. The third-order valence-corrected chi connectivity index (χ3v) is 4.55. The zero-order valence-corrected chi connectivity index (χ0v) is 14.0. The van der Waals surface area contributed by atoms with Crippen LogP contribution in [-0.2, 0) is 0 Å². The van der Waals surface area contributed by atoms with E-state index in [2.05, 4.69) is 10.3 Å². The van der Waals surface area contributed by atoms with Crippen molar-refractivity contribution in [2.75, 3.05) is 13.6 Å². The van der Waals surface area contributed by atoms with Gasteiger partial charge in [0.2, 0.25) is 0 Å². The van der Waals surface area contributed by atoms with Crippen LogP contribution in [0.1, 0.15) is 34.1 Å². The highest BCUT2D eigenvalue weighted by Gasteiger charge is 2.34. The highest BCUT2D eigenvalue weighted by molar-refractivity contribution is 5.94. The van der Waals surface area contributed by atoms with Crippen molar-refractivity contribution in [1.29, 1.82) is 0 Å². The average Bonchev–Trinajstić information content (AvgIpc) is 2.90. The lowest BCUT2D eigenvalue weighted by Crippen LogP contribution is -2.40. The molecule has 2 atom stereocenters. The lowest BCUT2D eigenvalue weighted by atomic mass is 9.99. The number of pyridine rings is 1. The van der Waals surface area contributed by atoms with Crippen LogP contribution in [0.25, 0.3) is 0 Å². The number of benzene rings is 1. The fourth-order valence-electron chi connectivity index (χ4n) is 3.28. The minimum absolute atomic E-state index is 0.0317. The maximum Gasteiger partial charge on any atom is 0.257 e. The van der Waals surface area contributed by atoms with Crippen LogP contribution in [0.4, 0.5) is 8.78 Å². The largest absolute Gasteiger partial charge is 0.364 e. The Morgan fingerprint density at radius 2 is 2.04 bits per heavy atom. The first-order chi connectivity index (χ1) is 11.9. The summed E-state index contributed by atoms with van der Waals surface area (Å²) in [5.74, 6) is -2.30. The van der Waals surface area contributed by atoms with E-state index in [0.29, 0.717) is 24.2 Å².